The minimum absolute atomic E-state index is 0.0662. The van der Waals surface area contributed by atoms with Gasteiger partial charge in [0.2, 0.25) is 0 Å². The van der Waals surface area contributed by atoms with Crippen LogP contribution in [0.1, 0.15) is 44.7 Å². The van der Waals surface area contributed by atoms with Crippen LogP contribution in [0.4, 0.5) is 8.78 Å². The zero-order valence-corrected chi connectivity index (χ0v) is 12.3. The third-order valence-electron chi connectivity index (χ3n) is 4.64. The van der Waals surface area contributed by atoms with E-state index in [0.717, 1.165) is 30.9 Å². The van der Waals surface area contributed by atoms with Crippen molar-refractivity contribution in [2.75, 3.05) is 13.1 Å². The summed E-state index contributed by atoms with van der Waals surface area (Å²) >= 11 is 0. The van der Waals surface area contributed by atoms with Crippen molar-refractivity contribution in [2.45, 2.75) is 45.2 Å². The van der Waals surface area contributed by atoms with Gasteiger partial charge in [0.25, 0.3) is 0 Å². The number of rotatable bonds is 4. The molecule has 4 heteroatoms. The monoisotopic (exact) mass is 282 g/mol. The van der Waals surface area contributed by atoms with Crippen LogP contribution in [-0.4, -0.2) is 24.0 Å². The highest BCUT2D eigenvalue weighted by Gasteiger charge is 2.30. The van der Waals surface area contributed by atoms with E-state index >= 15 is 0 Å². The van der Waals surface area contributed by atoms with Crippen molar-refractivity contribution in [3.8, 4) is 0 Å². The molecule has 0 saturated carbocycles. The van der Waals surface area contributed by atoms with Crippen LogP contribution in [0.5, 0.6) is 0 Å². The Labute approximate surface area is 120 Å². The standard InChI is InChI=1S/C16H24F2N2/c1-3-12-6-7-20(14(8-12)10-19)11(2)13-4-5-15(17)16(18)9-13/h4-5,9,11-12,14H,3,6-8,10,19H2,1-2H3. The number of nitrogens with zero attached hydrogens (tertiary/aromatic N) is 1. The van der Waals surface area contributed by atoms with Crippen LogP contribution in [0, 0.1) is 17.6 Å². The molecule has 1 heterocycles. The molecule has 3 atom stereocenters. The van der Waals surface area contributed by atoms with E-state index in [-0.39, 0.29) is 6.04 Å². The Bertz CT molecular complexity index is 450. The first-order valence-electron chi connectivity index (χ1n) is 7.47. The lowest BCUT2D eigenvalue weighted by atomic mass is 9.87. The lowest BCUT2D eigenvalue weighted by Crippen LogP contribution is -2.47. The van der Waals surface area contributed by atoms with E-state index in [4.69, 9.17) is 5.73 Å². The summed E-state index contributed by atoms with van der Waals surface area (Å²) in [5, 5.41) is 0. The molecule has 0 aliphatic carbocycles. The normalized spacial score (nSPS) is 25.6. The molecule has 2 rings (SSSR count). The van der Waals surface area contributed by atoms with Gasteiger partial charge in [-0.15, -0.1) is 0 Å². The fourth-order valence-electron chi connectivity index (χ4n) is 3.23. The molecule has 112 valence electrons. The largest absolute Gasteiger partial charge is 0.329 e. The van der Waals surface area contributed by atoms with E-state index in [2.05, 4.69) is 11.8 Å². The van der Waals surface area contributed by atoms with Gasteiger partial charge in [0.05, 0.1) is 0 Å². The van der Waals surface area contributed by atoms with Gasteiger partial charge in [-0.25, -0.2) is 8.78 Å². The molecule has 1 aliphatic rings. The van der Waals surface area contributed by atoms with Gasteiger partial charge in [0.1, 0.15) is 0 Å². The molecule has 2 nitrogen and oxygen atoms in total. The van der Waals surface area contributed by atoms with Gasteiger partial charge in [-0.2, -0.15) is 0 Å². The van der Waals surface area contributed by atoms with E-state index in [1.807, 2.05) is 6.92 Å². The number of likely N-dealkylation sites (tertiary alicyclic amines) is 1. The molecule has 0 radical (unpaired) electrons. The highest BCUT2D eigenvalue weighted by atomic mass is 19.2. The number of benzene rings is 1. The number of nitrogens with two attached hydrogens (primary N) is 1. The van der Waals surface area contributed by atoms with E-state index in [1.165, 1.54) is 18.6 Å². The molecule has 1 aromatic rings. The average Bonchev–Trinajstić information content (AvgIpc) is 2.48. The van der Waals surface area contributed by atoms with Crippen molar-refractivity contribution < 1.29 is 8.78 Å². The summed E-state index contributed by atoms with van der Waals surface area (Å²) in [4.78, 5) is 2.33. The van der Waals surface area contributed by atoms with Gasteiger partial charge in [-0.1, -0.05) is 19.4 Å². The molecule has 20 heavy (non-hydrogen) atoms. The summed E-state index contributed by atoms with van der Waals surface area (Å²) < 4.78 is 26.4. The van der Waals surface area contributed by atoms with Crippen molar-refractivity contribution in [3.63, 3.8) is 0 Å². The Morgan fingerprint density at radius 3 is 2.70 bits per heavy atom. The van der Waals surface area contributed by atoms with Crippen molar-refractivity contribution in [2.24, 2.45) is 11.7 Å². The first-order chi connectivity index (χ1) is 9.56. The van der Waals surface area contributed by atoms with Crippen LogP contribution in [0.2, 0.25) is 0 Å². The fraction of sp³-hybridized carbons (Fsp3) is 0.625. The summed E-state index contributed by atoms with van der Waals surface area (Å²) in [7, 11) is 0. The number of halogens is 2. The van der Waals surface area contributed by atoms with Crippen molar-refractivity contribution in [1.29, 1.82) is 0 Å². The van der Waals surface area contributed by atoms with Crippen LogP contribution in [0.15, 0.2) is 18.2 Å². The minimum atomic E-state index is -0.791. The predicted octanol–water partition coefficient (Wildman–Crippen LogP) is 3.48. The Balaban J connectivity index is 2.14. The molecule has 0 amide bonds. The Morgan fingerprint density at radius 2 is 2.10 bits per heavy atom. The smallest absolute Gasteiger partial charge is 0.159 e. The maximum absolute atomic E-state index is 13.4. The minimum Gasteiger partial charge on any atom is -0.329 e. The molecule has 1 fully saturated rings. The van der Waals surface area contributed by atoms with E-state index in [9.17, 15) is 8.78 Å². The van der Waals surface area contributed by atoms with Crippen molar-refractivity contribution >= 4 is 0 Å². The van der Waals surface area contributed by atoms with E-state index in [0.29, 0.717) is 12.6 Å². The van der Waals surface area contributed by atoms with Crippen LogP contribution in [0.25, 0.3) is 0 Å². The van der Waals surface area contributed by atoms with Gasteiger partial charge in [0, 0.05) is 18.6 Å². The zero-order valence-electron chi connectivity index (χ0n) is 12.3. The lowest BCUT2D eigenvalue weighted by molar-refractivity contribution is 0.0771. The predicted molar refractivity (Wildman–Crippen MR) is 77.3 cm³/mol. The van der Waals surface area contributed by atoms with Crippen LogP contribution >= 0.6 is 0 Å². The highest BCUT2D eigenvalue weighted by molar-refractivity contribution is 5.21. The van der Waals surface area contributed by atoms with Crippen molar-refractivity contribution in [1.82, 2.24) is 4.90 Å². The Morgan fingerprint density at radius 1 is 1.35 bits per heavy atom. The number of piperidine rings is 1. The zero-order chi connectivity index (χ0) is 14.7. The molecular weight excluding hydrogens is 258 g/mol. The highest BCUT2D eigenvalue weighted by Crippen LogP contribution is 2.32. The summed E-state index contributed by atoms with van der Waals surface area (Å²) in [5.74, 6) is -0.833. The van der Waals surface area contributed by atoms with Gasteiger partial charge >= 0.3 is 0 Å². The maximum Gasteiger partial charge on any atom is 0.159 e. The number of hydrogen-bond acceptors (Lipinski definition) is 2. The van der Waals surface area contributed by atoms with E-state index in [1.54, 1.807) is 6.07 Å². The van der Waals surface area contributed by atoms with Gasteiger partial charge in [-0.3, -0.25) is 4.90 Å². The second kappa shape index (κ2) is 6.64. The molecule has 0 bridgehead atoms. The van der Waals surface area contributed by atoms with Crippen molar-refractivity contribution in [3.05, 3.63) is 35.4 Å². The molecule has 1 aromatic carbocycles. The topological polar surface area (TPSA) is 29.3 Å². The van der Waals surface area contributed by atoms with Crippen LogP contribution in [0.3, 0.4) is 0 Å². The summed E-state index contributed by atoms with van der Waals surface area (Å²) in [6.45, 7) is 5.85. The van der Waals surface area contributed by atoms with Gasteiger partial charge in [-0.05, 0) is 49.9 Å². The first kappa shape index (κ1) is 15.4. The Hall–Kier alpha value is -1.00. The summed E-state index contributed by atoms with van der Waals surface area (Å²) in [6, 6.07) is 4.58. The van der Waals surface area contributed by atoms with Gasteiger partial charge in [0.15, 0.2) is 11.6 Å². The second-order valence-corrected chi connectivity index (χ2v) is 5.78. The number of hydrogen-bond donors (Lipinski definition) is 1. The molecule has 2 N–H and O–H groups in total. The molecule has 1 aliphatic heterocycles. The summed E-state index contributed by atoms with van der Waals surface area (Å²) in [5.41, 5.74) is 6.72. The SMILES string of the molecule is CCC1CCN(C(C)c2ccc(F)c(F)c2)C(CN)C1. The third kappa shape index (κ3) is 3.18. The van der Waals surface area contributed by atoms with Crippen LogP contribution < -0.4 is 5.73 Å². The molecule has 1 saturated heterocycles. The average molecular weight is 282 g/mol. The fourth-order valence-corrected chi connectivity index (χ4v) is 3.23. The summed E-state index contributed by atoms with van der Waals surface area (Å²) in [6.07, 6.45) is 3.44. The molecule has 0 aromatic heterocycles. The molecule has 3 unspecified atom stereocenters. The lowest BCUT2D eigenvalue weighted by Gasteiger charge is -2.42. The third-order valence-corrected chi connectivity index (χ3v) is 4.64. The Kier molecular flexibility index (Phi) is 5.11. The quantitative estimate of drug-likeness (QED) is 0.916. The van der Waals surface area contributed by atoms with E-state index < -0.39 is 11.6 Å². The molecular formula is C16H24F2N2. The second-order valence-electron chi connectivity index (χ2n) is 5.78. The maximum atomic E-state index is 13.4. The van der Waals surface area contributed by atoms with Gasteiger partial charge < -0.3 is 5.73 Å². The molecule has 0 spiro atoms. The van der Waals surface area contributed by atoms with Crippen LogP contribution in [-0.2, 0) is 0 Å². The first-order valence-corrected chi connectivity index (χ1v) is 7.47.